The standard InChI is InChI=1S/C16H16F3N3O3/c17-16(18,19)9-25-14-5-4-10(8-20-14)21-15(23)22-12-2-1-3-13-11(12)6-7-24-13/h4-8,12H,1-3,9H2,(H2,21,22,23). The summed E-state index contributed by atoms with van der Waals surface area (Å²) in [5.41, 5.74) is 1.32. The van der Waals surface area contributed by atoms with E-state index >= 15 is 0 Å². The Bertz CT molecular complexity index is 728. The molecule has 2 aromatic heterocycles. The lowest BCUT2D eigenvalue weighted by molar-refractivity contribution is -0.154. The second-order valence-electron chi connectivity index (χ2n) is 5.63. The highest BCUT2D eigenvalue weighted by Crippen LogP contribution is 2.30. The van der Waals surface area contributed by atoms with Gasteiger partial charge in [-0.3, -0.25) is 0 Å². The van der Waals surface area contributed by atoms with Crippen molar-refractivity contribution in [3.63, 3.8) is 0 Å². The number of ether oxygens (including phenoxy) is 1. The SMILES string of the molecule is O=C(Nc1ccc(OCC(F)(F)F)nc1)NC1CCCc2occc21. The summed E-state index contributed by atoms with van der Waals surface area (Å²) in [7, 11) is 0. The summed E-state index contributed by atoms with van der Waals surface area (Å²) < 4.78 is 46.1. The number of aromatic nitrogens is 1. The van der Waals surface area contributed by atoms with Gasteiger partial charge in [0.2, 0.25) is 5.88 Å². The molecule has 9 heteroatoms. The maximum absolute atomic E-state index is 12.1. The van der Waals surface area contributed by atoms with Gasteiger partial charge in [-0.1, -0.05) is 0 Å². The van der Waals surface area contributed by atoms with Crippen LogP contribution in [0, 0.1) is 0 Å². The number of urea groups is 1. The van der Waals surface area contributed by atoms with Crippen molar-refractivity contribution in [1.29, 1.82) is 0 Å². The van der Waals surface area contributed by atoms with Gasteiger partial charge in [-0.15, -0.1) is 0 Å². The fraction of sp³-hybridized carbons (Fsp3) is 0.375. The molecule has 0 spiro atoms. The molecule has 0 saturated carbocycles. The molecule has 2 N–H and O–H groups in total. The zero-order valence-corrected chi connectivity index (χ0v) is 13.1. The summed E-state index contributed by atoms with van der Waals surface area (Å²) in [6.07, 6.45) is 0.984. The van der Waals surface area contributed by atoms with Crippen molar-refractivity contribution in [3.05, 3.63) is 42.0 Å². The Kier molecular flexibility index (Phi) is 4.82. The third kappa shape index (κ3) is 4.65. The van der Waals surface area contributed by atoms with Crippen molar-refractivity contribution < 1.29 is 27.1 Å². The molecule has 25 heavy (non-hydrogen) atoms. The Balaban J connectivity index is 1.53. The van der Waals surface area contributed by atoms with Crippen LogP contribution in [-0.4, -0.2) is 23.8 Å². The number of furan rings is 1. The molecule has 0 aromatic carbocycles. The number of carbonyl (C=O) groups is 1. The fourth-order valence-corrected chi connectivity index (χ4v) is 2.66. The summed E-state index contributed by atoms with van der Waals surface area (Å²) in [4.78, 5) is 15.8. The number of carbonyl (C=O) groups excluding carboxylic acids is 1. The number of alkyl halides is 3. The van der Waals surface area contributed by atoms with Gasteiger partial charge in [-0.2, -0.15) is 13.2 Å². The Labute approximate surface area is 141 Å². The highest BCUT2D eigenvalue weighted by atomic mass is 19.4. The third-order valence-corrected chi connectivity index (χ3v) is 3.74. The van der Waals surface area contributed by atoms with Crippen LogP contribution in [0.1, 0.15) is 30.2 Å². The number of fused-ring (bicyclic) bond motifs is 1. The van der Waals surface area contributed by atoms with E-state index in [2.05, 4.69) is 20.4 Å². The monoisotopic (exact) mass is 355 g/mol. The Morgan fingerprint density at radius 3 is 2.92 bits per heavy atom. The predicted octanol–water partition coefficient (Wildman–Crippen LogP) is 3.81. The molecule has 1 aliphatic rings. The summed E-state index contributed by atoms with van der Waals surface area (Å²) >= 11 is 0. The van der Waals surface area contributed by atoms with Gasteiger partial charge in [0, 0.05) is 18.1 Å². The van der Waals surface area contributed by atoms with E-state index in [-0.39, 0.29) is 11.9 Å². The van der Waals surface area contributed by atoms with Crippen molar-refractivity contribution in [1.82, 2.24) is 10.3 Å². The molecule has 1 atom stereocenters. The number of pyridine rings is 1. The van der Waals surface area contributed by atoms with Gasteiger partial charge in [0.15, 0.2) is 6.61 Å². The van der Waals surface area contributed by atoms with Gasteiger partial charge in [-0.05, 0) is 25.0 Å². The van der Waals surface area contributed by atoms with Crippen molar-refractivity contribution in [3.8, 4) is 5.88 Å². The minimum Gasteiger partial charge on any atom is -0.469 e. The van der Waals surface area contributed by atoms with Crippen molar-refractivity contribution in [2.45, 2.75) is 31.5 Å². The van der Waals surface area contributed by atoms with Crippen LogP contribution in [0.15, 0.2) is 35.1 Å². The average molecular weight is 355 g/mol. The smallest absolute Gasteiger partial charge is 0.422 e. The van der Waals surface area contributed by atoms with E-state index in [9.17, 15) is 18.0 Å². The highest BCUT2D eigenvalue weighted by molar-refractivity contribution is 5.89. The molecular weight excluding hydrogens is 339 g/mol. The summed E-state index contributed by atoms with van der Waals surface area (Å²) in [6.45, 7) is -1.41. The molecule has 0 fully saturated rings. The molecule has 0 saturated heterocycles. The third-order valence-electron chi connectivity index (χ3n) is 3.74. The van der Waals surface area contributed by atoms with Crippen molar-refractivity contribution >= 4 is 11.7 Å². The average Bonchev–Trinajstić information content (AvgIpc) is 3.03. The topological polar surface area (TPSA) is 76.4 Å². The maximum Gasteiger partial charge on any atom is 0.422 e. The number of hydrogen-bond donors (Lipinski definition) is 2. The molecule has 2 amide bonds. The van der Waals surface area contributed by atoms with Gasteiger partial charge in [0.1, 0.15) is 5.76 Å². The second kappa shape index (κ2) is 7.04. The molecule has 134 valence electrons. The number of anilines is 1. The minimum absolute atomic E-state index is 0.134. The molecular formula is C16H16F3N3O3. The van der Waals surface area contributed by atoms with Crippen LogP contribution in [0.3, 0.4) is 0 Å². The Morgan fingerprint density at radius 1 is 1.36 bits per heavy atom. The van der Waals surface area contributed by atoms with Crippen LogP contribution in [-0.2, 0) is 6.42 Å². The van der Waals surface area contributed by atoms with Crippen LogP contribution < -0.4 is 15.4 Å². The lowest BCUT2D eigenvalue weighted by Crippen LogP contribution is -2.34. The van der Waals surface area contributed by atoms with E-state index in [1.54, 1.807) is 6.26 Å². The normalized spacial score (nSPS) is 16.8. The van der Waals surface area contributed by atoms with E-state index in [1.165, 1.54) is 18.3 Å². The minimum atomic E-state index is -4.43. The lowest BCUT2D eigenvalue weighted by atomic mass is 9.93. The van der Waals surface area contributed by atoms with Crippen LogP contribution in [0.4, 0.5) is 23.7 Å². The van der Waals surface area contributed by atoms with Crippen LogP contribution in [0.2, 0.25) is 0 Å². The summed E-state index contributed by atoms with van der Waals surface area (Å²) in [6, 6.07) is 3.96. The highest BCUT2D eigenvalue weighted by Gasteiger charge is 2.28. The van der Waals surface area contributed by atoms with E-state index < -0.39 is 18.8 Å². The second-order valence-corrected chi connectivity index (χ2v) is 5.63. The fourth-order valence-electron chi connectivity index (χ4n) is 2.66. The van der Waals surface area contributed by atoms with Crippen LogP contribution in [0.25, 0.3) is 0 Å². The number of nitrogens with one attached hydrogen (secondary N) is 2. The largest absolute Gasteiger partial charge is 0.469 e. The van der Waals surface area contributed by atoms with E-state index in [0.29, 0.717) is 5.69 Å². The Hall–Kier alpha value is -2.71. The number of rotatable bonds is 4. The maximum atomic E-state index is 12.1. The van der Waals surface area contributed by atoms with Crippen LogP contribution in [0.5, 0.6) is 5.88 Å². The first kappa shape index (κ1) is 17.1. The molecule has 0 radical (unpaired) electrons. The number of halogens is 3. The van der Waals surface area contributed by atoms with Crippen molar-refractivity contribution in [2.75, 3.05) is 11.9 Å². The van der Waals surface area contributed by atoms with Gasteiger partial charge in [-0.25, -0.2) is 9.78 Å². The quantitative estimate of drug-likeness (QED) is 0.874. The molecule has 1 unspecified atom stereocenters. The molecule has 1 aliphatic carbocycles. The van der Waals surface area contributed by atoms with Gasteiger partial charge >= 0.3 is 12.2 Å². The molecule has 0 aliphatic heterocycles. The molecule has 0 bridgehead atoms. The predicted molar refractivity (Wildman–Crippen MR) is 82.3 cm³/mol. The number of hydrogen-bond acceptors (Lipinski definition) is 4. The van der Waals surface area contributed by atoms with Gasteiger partial charge < -0.3 is 19.8 Å². The summed E-state index contributed by atoms with van der Waals surface area (Å²) in [5, 5.41) is 5.44. The lowest BCUT2D eigenvalue weighted by Gasteiger charge is -2.22. The van der Waals surface area contributed by atoms with E-state index in [1.807, 2.05) is 6.07 Å². The number of amides is 2. The van der Waals surface area contributed by atoms with E-state index in [0.717, 1.165) is 30.6 Å². The first-order valence-corrected chi connectivity index (χ1v) is 7.70. The molecule has 3 rings (SSSR count). The zero-order valence-electron chi connectivity index (χ0n) is 13.1. The van der Waals surface area contributed by atoms with Crippen LogP contribution >= 0.6 is 0 Å². The summed E-state index contributed by atoms with van der Waals surface area (Å²) in [5.74, 6) is 0.711. The molecule has 6 nitrogen and oxygen atoms in total. The number of nitrogens with zero attached hydrogens (tertiary/aromatic N) is 1. The van der Waals surface area contributed by atoms with Gasteiger partial charge in [0.25, 0.3) is 0 Å². The van der Waals surface area contributed by atoms with Crippen molar-refractivity contribution in [2.24, 2.45) is 0 Å². The first-order valence-electron chi connectivity index (χ1n) is 7.70. The Morgan fingerprint density at radius 2 is 2.20 bits per heavy atom. The number of aryl methyl sites for hydroxylation is 1. The van der Waals surface area contributed by atoms with E-state index in [4.69, 9.17) is 4.42 Å². The first-order chi connectivity index (χ1) is 11.9. The zero-order chi connectivity index (χ0) is 17.9. The van der Waals surface area contributed by atoms with Gasteiger partial charge in [0.05, 0.1) is 24.2 Å². The molecule has 2 aromatic rings. The molecule has 2 heterocycles.